The van der Waals surface area contributed by atoms with Crippen LogP contribution >= 0.6 is 0 Å². The van der Waals surface area contributed by atoms with Crippen LogP contribution in [0.2, 0.25) is 0 Å². The monoisotopic (exact) mass is 362 g/mol. The first-order chi connectivity index (χ1) is 12.0. The number of hydrogen-bond acceptors (Lipinski definition) is 4. The van der Waals surface area contributed by atoms with E-state index in [9.17, 15) is 13.2 Å². The number of carbonyl (C=O) groups excluding carboxylic acids is 1. The lowest BCUT2D eigenvalue weighted by Gasteiger charge is -2.31. The molecule has 2 aromatic rings. The van der Waals surface area contributed by atoms with Gasteiger partial charge in [-0.15, -0.1) is 0 Å². The summed E-state index contributed by atoms with van der Waals surface area (Å²) in [5.74, 6) is 0.997. The van der Waals surface area contributed by atoms with Gasteiger partial charge in [0.1, 0.15) is 5.76 Å². The van der Waals surface area contributed by atoms with E-state index in [-0.39, 0.29) is 17.3 Å². The lowest BCUT2D eigenvalue weighted by atomic mass is 9.99. The van der Waals surface area contributed by atoms with Gasteiger partial charge >= 0.3 is 0 Å². The normalized spacial score (nSPS) is 18.3. The number of rotatable bonds is 5. The molecule has 0 saturated carbocycles. The average Bonchev–Trinajstić information content (AvgIpc) is 3.13. The molecule has 0 aliphatic carbocycles. The molecule has 0 radical (unpaired) electrons. The van der Waals surface area contributed by atoms with Crippen molar-refractivity contribution >= 4 is 15.9 Å². The molecule has 1 amide bonds. The van der Waals surface area contributed by atoms with Gasteiger partial charge in [-0.2, -0.15) is 0 Å². The fraction of sp³-hybridized carbons (Fsp3) is 0.389. The fourth-order valence-corrected chi connectivity index (χ4v) is 3.99. The summed E-state index contributed by atoms with van der Waals surface area (Å²) < 4.78 is 32.2. The molecule has 0 spiro atoms. The Morgan fingerprint density at radius 1 is 1.28 bits per heavy atom. The highest BCUT2D eigenvalue weighted by atomic mass is 32.2. The number of sulfonamides is 1. The van der Waals surface area contributed by atoms with Crippen LogP contribution < -0.4 is 4.72 Å². The van der Waals surface area contributed by atoms with E-state index in [0.717, 1.165) is 25.9 Å². The summed E-state index contributed by atoms with van der Waals surface area (Å²) in [7, 11) is -3.65. The second kappa shape index (κ2) is 7.41. The maximum absolute atomic E-state index is 12.5. The number of nitrogens with one attached hydrogen (secondary N) is 1. The first kappa shape index (κ1) is 17.7. The second-order valence-electron chi connectivity index (χ2n) is 6.43. The summed E-state index contributed by atoms with van der Waals surface area (Å²) in [6.45, 7) is 3.74. The van der Waals surface area contributed by atoms with E-state index in [1.807, 2.05) is 4.90 Å². The number of carbonyl (C=O) groups is 1. The van der Waals surface area contributed by atoms with E-state index in [1.165, 1.54) is 18.4 Å². The first-order valence-corrected chi connectivity index (χ1v) is 9.85. The third kappa shape index (κ3) is 4.29. The molecule has 1 aliphatic rings. The van der Waals surface area contributed by atoms with Crippen LogP contribution in [-0.4, -0.2) is 32.3 Å². The molecule has 1 aromatic carbocycles. The zero-order chi connectivity index (χ0) is 17.9. The number of nitrogens with zero attached hydrogens (tertiary/aromatic N) is 1. The van der Waals surface area contributed by atoms with Gasteiger partial charge in [0.15, 0.2) is 0 Å². The Labute approximate surface area is 147 Å². The molecule has 1 fully saturated rings. The molecular formula is C18H22N2O4S. The lowest BCUT2D eigenvalue weighted by Crippen LogP contribution is -2.39. The van der Waals surface area contributed by atoms with Gasteiger partial charge < -0.3 is 9.32 Å². The van der Waals surface area contributed by atoms with Crippen LogP contribution in [0.5, 0.6) is 0 Å². The fourth-order valence-electron chi connectivity index (χ4n) is 3.00. The minimum atomic E-state index is -3.65. The third-order valence-corrected chi connectivity index (χ3v) is 5.79. The highest BCUT2D eigenvalue weighted by molar-refractivity contribution is 7.89. The molecule has 1 aliphatic heterocycles. The van der Waals surface area contributed by atoms with Crippen molar-refractivity contribution in [1.29, 1.82) is 0 Å². The van der Waals surface area contributed by atoms with Gasteiger partial charge in [0.2, 0.25) is 10.0 Å². The third-order valence-electron chi connectivity index (χ3n) is 4.37. The zero-order valence-electron chi connectivity index (χ0n) is 14.1. The standard InChI is InChI=1S/C18H22N2O4S/c1-14-4-2-10-20(13-14)18(21)15-6-8-17(9-7-15)25(22,23)19-12-16-5-3-11-24-16/h3,5-9,11,14,19H,2,4,10,12-13H2,1H3/t14-/m0/s1. The summed E-state index contributed by atoms with van der Waals surface area (Å²) >= 11 is 0. The van der Waals surface area contributed by atoms with Crippen molar-refractivity contribution in [3.05, 3.63) is 54.0 Å². The van der Waals surface area contributed by atoms with Crippen LogP contribution in [0.15, 0.2) is 52.0 Å². The molecule has 0 unspecified atom stereocenters. The minimum absolute atomic E-state index is 0.0426. The molecule has 7 heteroatoms. The van der Waals surface area contributed by atoms with Gasteiger partial charge in [-0.05, 0) is 55.2 Å². The Balaban J connectivity index is 1.67. The molecule has 1 saturated heterocycles. The maximum Gasteiger partial charge on any atom is 0.253 e. The number of hydrogen-bond donors (Lipinski definition) is 1. The number of amides is 1. The highest BCUT2D eigenvalue weighted by Crippen LogP contribution is 2.19. The van der Waals surface area contributed by atoms with E-state index in [4.69, 9.17) is 4.42 Å². The van der Waals surface area contributed by atoms with E-state index in [1.54, 1.807) is 24.3 Å². The van der Waals surface area contributed by atoms with Crippen LogP contribution in [0, 0.1) is 5.92 Å². The van der Waals surface area contributed by atoms with Crippen LogP contribution in [0.4, 0.5) is 0 Å². The number of likely N-dealkylation sites (tertiary alicyclic amines) is 1. The predicted molar refractivity (Wildman–Crippen MR) is 93.5 cm³/mol. The van der Waals surface area contributed by atoms with Crippen LogP contribution in [0.3, 0.4) is 0 Å². The molecule has 2 heterocycles. The van der Waals surface area contributed by atoms with Gasteiger partial charge in [0.05, 0.1) is 17.7 Å². The van der Waals surface area contributed by atoms with Crippen LogP contribution in [-0.2, 0) is 16.6 Å². The largest absolute Gasteiger partial charge is 0.468 e. The molecule has 6 nitrogen and oxygen atoms in total. The summed E-state index contributed by atoms with van der Waals surface area (Å²) in [4.78, 5) is 14.5. The second-order valence-corrected chi connectivity index (χ2v) is 8.19. The van der Waals surface area contributed by atoms with Gasteiger partial charge in [-0.3, -0.25) is 4.79 Å². The SMILES string of the molecule is C[C@H]1CCCN(C(=O)c2ccc(S(=O)(=O)NCc3ccco3)cc2)C1. The minimum Gasteiger partial charge on any atom is -0.468 e. The van der Waals surface area contributed by atoms with E-state index in [0.29, 0.717) is 17.2 Å². The molecule has 1 aromatic heterocycles. The Hall–Kier alpha value is -2.12. The topological polar surface area (TPSA) is 79.6 Å². The molecule has 1 atom stereocenters. The molecule has 134 valence electrons. The van der Waals surface area contributed by atoms with Crippen molar-refractivity contribution in [2.24, 2.45) is 5.92 Å². The summed E-state index contributed by atoms with van der Waals surface area (Å²) in [6, 6.07) is 9.47. The summed E-state index contributed by atoms with van der Waals surface area (Å²) in [6.07, 6.45) is 3.64. The van der Waals surface area contributed by atoms with Crippen LogP contribution in [0.1, 0.15) is 35.9 Å². The quantitative estimate of drug-likeness (QED) is 0.887. The summed E-state index contributed by atoms with van der Waals surface area (Å²) in [5, 5.41) is 0. The Morgan fingerprint density at radius 3 is 2.68 bits per heavy atom. The Kier molecular flexibility index (Phi) is 5.24. The number of piperidine rings is 1. The average molecular weight is 362 g/mol. The number of furan rings is 1. The highest BCUT2D eigenvalue weighted by Gasteiger charge is 2.22. The Morgan fingerprint density at radius 2 is 2.04 bits per heavy atom. The van der Waals surface area contributed by atoms with Crippen molar-refractivity contribution in [3.8, 4) is 0 Å². The van der Waals surface area contributed by atoms with Crippen molar-refractivity contribution in [2.45, 2.75) is 31.2 Å². The van der Waals surface area contributed by atoms with Crippen molar-refractivity contribution < 1.29 is 17.6 Å². The molecule has 0 bridgehead atoms. The van der Waals surface area contributed by atoms with E-state index in [2.05, 4.69) is 11.6 Å². The van der Waals surface area contributed by atoms with Crippen LogP contribution in [0.25, 0.3) is 0 Å². The lowest BCUT2D eigenvalue weighted by molar-refractivity contribution is 0.0683. The molecule has 3 rings (SSSR count). The Bertz CT molecular complexity index is 813. The van der Waals surface area contributed by atoms with E-state index >= 15 is 0 Å². The number of benzene rings is 1. The van der Waals surface area contributed by atoms with Gasteiger partial charge in [0.25, 0.3) is 5.91 Å². The molecule has 1 N–H and O–H groups in total. The van der Waals surface area contributed by atoms with E-state index < -0.39 is 10.0 Å². The van der Waals surface area contributed by atoms with Crippen molar-refractivity contribution in [2.75, 3.05) is 13.1 Å². The molecule has 25 heavy (non-hydrogen) atoms. The van der Waals surface area contributed by atoms with Crippen molar-refractivity contribution in [1.82, 2.24) is 9.62 Å². The van der Waals surface area contributed by atoms with Gasteiger partial charge in [-0.1, -0.05) is 6.92 Å². The van der Waals surface area contributed by atoms with Gasteiger partial charge in [-0.25, -0.2) is 13.1 Å². The van der Waals surface area contributed by atoms with Gasteiger partial charge in [0, 0.05) is 18.7 Å². The molecular weight excluding hydrogens is 340 g/mol. The van der Waals surface area contributed by atoms with Crippen molar-refractivity contribution in [3.63, 3.8) is 0 Å². The zero-order valence-corrected chi connectivity index (χ0v) is 15.0. The smallest absolute Gasteiger partial charge is 0.253 e. The summed E-state index contributed by atoms with van der Waals surface area (Å²) in [5.41, 5.74) is 0.513. The predicted octanol–water partition coefficient (Wildman–Crippen LogP) is 2.63. The maximum atomic E-state index is 12.5. The first-order valence-electron chi connectivity index (χ1n) is 8.37.